The molecule has 2 rings (SSSR count). The lowest BCUT2D eigenvalue weighted by Crippen LogP contribution is -2.41. The Kier molecular flexibility index (Phi) is 2.40. The van der Waals surface area contributed by atoms with Gasteiger partial charge in [-0.2, -0.15) is 0 Å². The molecule has 2 fully saturated rings. The van der Waals surface area contributed by atoms with Crippen LogP contribution in [0.4, 0.5) is 0 Å². The molecule has 0 saturated heterocycles. The molecule has 2 saturated carbocycles. The first-order chi connectivity index (χ1) is 5.77. The molecule has 3 unspecified atom stereocenters. The van der Waals surface area contributed by atoms with E-state index in [4.69, 9.17) is 5.73 Å². The third kappa shape index (κ3) is 1.52. The molecule has 1 nitrogen and oxygen atoms in total. The Morgan fingerprint density at radius 3 is 2.42 bits per heavy atom. The van der Waals surface area contributed by atoms with Crippen LogP contribution in [-0.4, -0.2) is 6.04 Å². The highest BCUT2D eigenvalue weighted by atomic mass is 14.7. The van der Waals surface area contributed by atoms with Gasteiger partial charge in [0, 0.05) is 6.04 Å². The molecule has 0 aromatic heterocycles. The molecule has 0 amide bonds. The molecular weight excluding hydrogens is 146 g/mol. The summed E-state index contributed by atoms with van der Waals surface area (Å²) in [5.74, 6) is 2.82. The fourth-order valence-electron chi connectivity index (χ4n) is 2.86. The van der Waals surface area contributed by atoms with E-state index < -0.39 is 0 Å². The van der Waals surface area contributed by atoms with Crippen molar-refractivity contribution in [2.75, 3.05) is 0 Å². The molecular formula is C11H21N. The zero-order valence-corrected chi connectivity index (χ0v) is 8.13. The maximum Gasteiger partial charge on any atom is 0.00700 e. The van der Waals surface area contributed by atoms with Gasteiger partial charge in [-0.05, 0) is 37.0 Å². The van der Waals surface area contributed by atoms with Crippen LogP contribution in [0, 0.1) is 17.8 Å². The summed E-state index contributed by atoms with van der Waals surface area (Å²) in [5, 5.41) is 0. The van der Waals surface area contributed by atoms with E-state index in [0.29, 0.717) is 6.04 Å². The van der Waals surface area contributed by atoms with Gasteiger partial charge in [-0.25, -0.2) is 0 Å². The van der Waals surface area contributed by atoms with E-state index >= 15 is 0 Å². The number of hydrogen-bond donors (Lipinski definition) is 1. The lowest BCUT2D eigenvalue weighted by Gasteiger charge is -2.42. The summed E-state index contributed by atoms with van der Waals surface area (Å²) in [6.07, 6.45) is 8.44. The molecule has 0 radical (unpaired) electrons. The van der Waals surface area contributed by atoms with Crippen LogP contribution in [0.5, 0.6) is 0 Å². The predicted octanol–water partition coefficient (Wildman–Crippen LogP) is 2.55. The van der Waals surface area contributed by atoms with Gasteiger partial charge < -0.3 is 5.73 Å². The summed E-state index contributed by atoms with van der Waals surface area (Å²) in [6.45, 7) is 2.39. The monoisotopic (exact) mass is 167 g/mol. The molecule has 12 heavy (non-hydrogen) atoms. The van der Waals surface area contributed by atoms with Gasteiger partial charge in [0.25, 0.3) is 0 Å². The third-order valence-corrected chi connectivity index (χ3v) is 3.97. The smallest absolute Gasteiger partial charge is 0.00700 e. The van der Waals surface area contributed by atoms with Gasteiger partial charge in [0.05, 0.1) is 0 Å². The van der Waals surface area contributed by atoms with Crippen molar-refractivity contribution >= 4 is 0 Å². The van der Waals surface area contributed by atoms with Crippen LogP contribution in [0.1, 0.15) is 45.4 Å². The van der Waals surface area contributed by atoms with Crippen LogP contribution < -0.4 is 5.73 Å². The second-order valence-corrected chi connectivity index (χ2v) is 4.94. The van der Waals surface area contributed by atoms with E-state index in [2.05, 4.69) is 6.92 Å². The Morgan fingerprint density at radius 2 is 1.83 bits per heavy atom. The van der Waals surface area contributed by atoms with E-state index in [1.165, 1.54) is 38.5 Å². The predicted molar refractivity (Wildman–Crippen MR) is 51.8 cm³/mol. The van der Waals surface area contributed by atoms with Crippen LogP contribution in [0.2, 0.25) is 0 Å². The summed E-state index contributed by atoms with van der Waals surface area (Å²) < 4.78 is 0. The van der Waals surface area contributed by atoms with E-state index in [9.17, 15) is 0 Å². The molecule has 0 aromatic rings. The fourth-order valence-corrected chi connectivity index (χ4v) is 2.86. The number of rotatable bonds is 1. The second-order valence-electron chi connectivity index (χ2n) is 4.94. The van der Waals surface area contributed by atoms with Crippen LogP contribution >= 0.6 is 0 Å². The van der Waals surface area contributed by atoms with E-state index in [-0.39, 0.29) is 0 Å². The van der Waals surface area contributed by atoms with Crippen LogP contribution in [-0.2, 0) is 0 Å². The first kappa shape index (κ1) is 8.55. The maximum atomic E-state index is 6.15. The van der Waals surface area contributed by atoms with Crippen molar-refractivity contribution in [1.82, 2.24) is 0 Å². The summed E-state index contributed by atoms with van der Waals surface area (Å²) in [5.41, 5.74) is 6.15. The quantitative estimate of drug-likeness (QED) is 0.638. The highest BCUT2D eigenvalue weighted by molar-refractivity contribution is 4.88. The zero-order chi connectivity index (χ0) is 8.55. The Morgan fingerprint density at radius 1 is 1.08 bits per heavy atom. The minimum absolute atomic E-state index is 0.534. The van der Waals surface area contributed by atoms with Gasteiger partial charge in [0.1, 0.15) is 0 Å². The molecule has 3 atom stereocenters. The van der Waals surface area contributed by atoms with Crippen molar-refractivity contribution < 1.29 is 0 Å². The third-order valence-electron chi connectivity index (χ3n) is 3.97. The van der Waals surface area contributed by atoms with Crippen molar-refractivity contribution in [3.8, 4) is 0 Å². The Hall–Kier alpha value is -0.0400. The lowest BCUT2D eigenvalue weighted by atomic mass is 9.66. The van der Waals surface area contributed by atoms with Crippen molar-refractivity contribution in [2.24, 2.45) is 23.5 Å². The first-order valence-electron chi connectivity index (χ1n) is 5.53. The molecule has 2 N–H and O–H groups in total. The molecule has 0 heterocycles. The van der Waals surface area contributed by atoms with Crippen molar-refractivity contribution in [2.45, 2.75) is 51.5 Å². The lowest BCUT2D eigenvalue weighted by molar-refractivity contribution is 0.116. The largest absolute Gasteiger partial charge is 0.327 e. The van der Waals surface area contributed by atoms with Gasteiger partial charge in [0.15, 0.2) is 0 Å². The molecule has 0 aliphatic heterocycles. The average Bonchev–Trinajstić information content (AvgIpc) is 1.93. The van der Waals surface area contributed by atoms with Gasteiger partial charge >= 0.3 is 0 Å². The number of nitrogens with two attached hydrogens (primary N) is 1. The molecule has 0 aromatic carbocycles. The van der Waals surface area contributed by atoms with Gasteiger partial charge in [-0.3, -0.25) is 0 Å². The standard InChI is InChI=1S/C11H21N/c1-8-5-6-11(12)10(7-8)9-3-2-4-9/h8-11H,2-7,12H2,1H3. The average molecular weight is 167 g/mol. The highest BCUT2D eigenvalue weighted by Gasteiger charge is 2.34. The van der Waals surface area contributed by atoms with Crippen LogP contribution in [0.25, 0.3) is 0 Å². The molecule has 1 heteroatoms. The fraction of sp³-hybridized carbons (Fsp3) is 1.00. The minimum Gasteiger partial charge on any atom is -0.327 e. The minimum atomic E-state index is 0.534. The molecule has 70 valence electrons. The zero-order valence-electron chi connectivity index (χ0n) is 8.13. The first-order valence-corrected chi connectivity index (χ1v) is 5.53. The topological polar surface area (TPSA) is 26.0 Å². The Bertz CT molecular complexity index is 149. The number of hydrogen-bond acceptors (Lipinski definition) is 1. The molecule has 0 bridgehead atoms. The summed E-state index contributed by atoms with van der Waals surface area (Å²) in [7, 11) is 0. The van der Waals surface area contributed by atoms with E-state index in [1.54, 1.807) is 0 Å². The Labute approximate surface area is 75.7 Å². The molecule has 2 aliphatic carbocycles. The Balaban J connectivity index is 1.91. The highest BCUT2D eigenvalue weighted by Crippen LogP contribution is 2.41. The summed E-state index contributed by atoms with van der Waals surface area (Å²) in [4.78, 5) is 0. The van der Waals surface area contributed by atoms with Gasteiger partial charge in [0.2, 0.25) is 0 Å². The van der Waals surface area contributed by atoms with Crippen molar-refractivity contribution in [1.29, 1.82) is 0 Å². The van der Waals surface area contributed by atoms with Crippen LogP contribution in [0.15, 0.2) is 0 Å². The SMILES string of the molecule is CC1CCC(N)C(C2CCC2)C1. The maximum absolute atomic E-state index is 6.15. The van der Waals surface area contributed by atoms with Crippen molar-refractivity contribution in [3.63, 3.8) is 0 Å². The van der Waals surface area contributed by atoms with Gasteiger partial charge in [-0.15, -0.1) is 0 Å². The molecule has 0 spiro atoms. The van der Waals surface area contributed by atoms with E-state index in [1.807, 2.05) is 0 Å². The van der Waals surface area contributed by atoms with E-state index in [0.717, 1.165) is 17.8 Å². The normalized spacial score (nSPS) is 44.0. The second kappa shape index (κ2) is 3.37. The van der Waals surface area contributed by atoms with Crippen LogP contribution in [0.3, 0.4) is 0 Å². The van der Waals surface area contributed by atoms with Crippen molar-refractivity contribution in [3.05, 3.63) is 0 Å². The summed E-state index contributed by atoms with van der Waals surface area (Å²) >= 11 is 0. The van der Waals surface area contributed by atoms with Gasteiger partial charge in [-0.1, -0.05) is 26.2 Å². The molecule has 2 aliphatic rings. The summed E-state index contributed by atoms with van der Waals surface area (Å²) in [6, 6.07) is 0.534.